The minimum absolute atomic E-state index is 0.00186. The molecule has 0 radical (unpaired) electrons. The lowest BCUT2D eigenvalue weighted by molar-refractivity contribution is 0.294. The molecule has 6 nitrogen and oxygen atoms in total. The molecular weight excluding hydrogens is 513 g/mol. The summed E-state index contributed by atoms with van der Waals surface area (Å²) in [5, 5.41) is 0.105. The normalized spacial score (nSPS) is 11.3. The van der Waals surface area contributed by atoms with E-state index in [0.29, 0.717) is 4.60 Å². The van der Waals surface area contributed by atoms with E-state index in [1.807, 2.05) is 30.3 Å². The third kappa shape index (κ3) is 5.07. The molecule has 1 heterocycles. The highest BCUT2D eigenvalue weighted by Crippen LogP contribution is 2.33. The van der Waals surface area contributed by atoms with Crippen molar-refractivity contribution in [3.05, 3.63) is 73.9 Å². The van der Waals surface area contributed by atoms with Gasteiger partial charge in [0.1, 0.15) is 16.1 Å². The number of ether oxygens (including phenoxy) is 1. The molecule has 0 bridgehead atoms. The van der Waals surface area contributed by atoms with Gasteiger partial charge in [0.25, 0.3) is 15.9 Å². The number of rotatable bonds is 6. The molecule has 0 spiro atoms. The molecule has 3 aromatic rings. The lowest BCUT2D eigenvalue weighted by atomic mass is 10.2. The van der Waals surface area contributed by atoms with Crippen molar-refractivity contribution in [2.24, 2.45) is 0 Å². The SMILES string of the molecule is O=S(=O)(Nc1ncc(Br)nc1OCc1ccccc1)c1cc(Cl)c(Cl)cc1Cl. The van der Waals surface area contributed by atoms with Crippen LogP contribution >= 0.6 is 50.7 Å². The number of sulfonamides is 1. The molecule has 0 fully saturated rings. The maximum Gasteiger partial charge on any atom is 0.264 e. The molecule has 0 atom stereocenters. The fourth-order valence-corrected chi connectivity index (χ4v) is 4.41. The summed E-state index contributed by atoms with van der Waals surface area (Å²) in [6.07, 6.45) is 1.34. The maximum atomic E-state index is 12.8. The first-order valence-corrected chi connectivity index (χ1v) is 11.0. The fourth-order valence-electron chi connectivity index (χ4n) is 2.14. The van der Waals surface area contributed by atoms with E-state index >= 15 is 0 Å². The summed E-state index contributed by atoms with van der Waals surface area (Å²) in [7, 11) is -4.12. The first kappa shape index (κ1) is 21.1. The Hall–Kier alpha value is -1.58. The van der Waals surface area contributed by atoms with Crippen molar-refractivity contribution >= 4 is 66.6 Å². The van der Waals surface area contributed by atoms with Crippen molar-refractivity contribution in [3.8, 4) is 5.88 Å². The maximum absolute atomic E-state index is 12.8. The Balaban J connectivity index is 1.90. The Bertz CT molecular complexity index is 1120. The number of hydrogen-bond donors (Lipinski definition) is 1. The van der Waals surface area contributed by atoms with Gasteiger partial charge in [0.2, 0.25) is 5.82 Å². The van der Waals surface area contributed by atoms with Crippen LogP contribution in [0, 0.1) is 0 Å². The van der Waals surface area contributed by atoms with Crippen LogP contribution in [0.1, 0.15) is 5.56 Å². The Morgan fingerprint density at radius 2 is 1.71 bits per heavy atom. The van der Waals surface area contributed by atoms with Gasteiger partial charge >= 0.3 is 0 Å². The van der Waals surface area contributed by atoms with Crippen molar-refractivity contribution in [2.75, 3.05) is 4.72 Å². The predicted molar refractivity (Wildman–Crippen MR) is 113 cm³/mol. The van der Waals surface area contributed by atoms with Crippen LogP contribution in [0.5, 0.6) is 5.88 Å². The zero-order valence-electron chi connectivity index (χ0n) is 13.9. The summed E-state index contributed by atoms with van der Waals surface area (Å²) in [5.41, 5.74) is 0.880. The van der Waals surface area contributed by atoms with Gasteiger partial charge in [-0.1, -0.05) is 65.1 Å². The largest absolute Gasteiger partial charge is 0.470 e. The number of anilines is 1. The molecule has 1 N–H and O–H groups in total. The smallest absolute Gasteiger partial charge is 0.264 e. The lowest BCUT2D eigenvalue weighted by Crippen LogP contribution is -2.16. The van der Waals surface area contributed by atoms with Crippen LogP contribution in [0.2, 0.25) is 15.1 Å². The highest BCUT2D eigenvalue weighted by atomic mass is 79.9. The van der Waals surface area contributed by atoms with E-state index in [-0.39, 0.29) is 38.3 Å². The Kier molecular flexibility index (Phi) is 6.67. The zero-order valence-corrected chi connectivity index (χ0v) is 18.5. The second-order valence-corrected chi connectivity index (χ2v) is 9.11. The number of aromatic nitrogens is 2. The molecule has 0 saturated carbocycles. The van der Waals surface area contributed by atoms with Crippen molar-refractivity contribution < 1.29 is 13.2 Å². The van der Waals surface area contributed by atoms with Crippen LogP contribution in [-0.2, 0) is 16.6 Å². The minimum Gasteiger partial charge on any atom is -0.470 e. The molecule has 0 saturated heterocycles. The van der Waals surface area contributed by atoms with Gasteiger partial charge in [0.05, 0.1) is 21.3 Å². The third-order valence-electron chi connectivity index (χ3n) is 3.42. The summed E-state index contributed by atoms with van der Waals surface area (Å²) in [6.45, 7) is 0.175. The van der Waals surface area contributed by atoms with Gasteiger partial charge in [-0.25, -0.2) is 18.4 Å². The average Bonchev–Trinajstić information content (AvgIpc) is 2.65. The van der Waals surface area contributed by atoms with Gasteiger partial charge in [0.15, 0.2) is 0 Å². The molecular formula is C17H11BrCl3N3O3S. The molecule has 28 heavy (non-hydrogen) atoms. The van der Waals surface area contributed by atoms with Gasteiger partial charge < -0.3 is 4.74 Å². The van der Waals surface area contributed by atoms with Crippen LogP contribution in [0.25, 0.3) is 0 Å². The Morgan fingerprint density at radius 1 is 1.04 bits per heavy atom. The van der Waals surface area contributed by atoms with Crippen molar-refractivity contribution in [1.82, 2.24) is 9.97 Å². The van der Waals surface area contributed by atoms with E-state index in [9.17, 15) is 8.42 Å². The number of nitrogens with one attached hydrogen (secondary N) is 1. The second-order valence-electron chi connectivity index (χ2n) is 5.42. The summed E-state index contributed by atoms with van der Waals surface area (Å²) in [5.74, 6) is -0.0979. The highest BCUT2D eigenvalue weighted by Gasteiger charge is 2.23. The second kappa shape index (κ2) is 8.84. The van der Waals surface area contributed by atoms with E-state index in [1.165, 1.54) is 12.3 Å². The van der Waals surface area contributed by atoms with Crippen LogP contribution in [0.15, 0.2) is 58.2 Å². The monoisotopic (exact) mass is 521 g/mol. The molecule has 3 rings (SSSR count). The molecule has 0 aliphatic carbocycles. The van der Waals surface area contributed by atoms with Crippen molar-refractivity contribution in [2.45, 2.75) is 11.5 Å². The minimum atomic E-state index is -4.12. The van der Waals surface area contributed by atoms with Gasteiger partial charge in [-0.3, -0.25) is 4.72 Å². The molecule has 1 aromatic heterocycles. The summed E-state index contributed by atoms with van der Waals surface area (Å²) >= 11 is 21.0. The van der Waals surface area contributed by atoms with E-state index in [2.05, 4.69) is 30.6 Å². The van der Waals surface area contributed by atoms with Crippen LogP contribution in [-0.4, -0.2) is 18.4 Å². The fraction of sp³-hybridized carbons (Fsp3) is 0.0588. The standard InChI is InChI=1S/C17H11BrCl3N3O3S/c18-15-8-22-16(17(23-15)27-9-10-4-2-1-3-5-10)24-28(25,26)14-7-12(20)11(19)6-13(14)21/h1-8H,9H2,(H,22,24). The van der Waals surface area contributed by atoms with E-state index in [1.54, 1.807) is 0 Å². The van der Waals surface area contributed by atoms with Crippen molar-refractivity contribution in [3.63, 3.8) is 0 Å². The highest BCUT2D eigenvalue weighted by molar-refractivity contribution is 9.10. The molecule has 0 aliphatic heterocycles. The summed E-state index contributed by atoms with van der Waals surface area (Å²) in [6, 6.07) is 11.7. The summed E-state index contributed by atoms with van der Waals surface area (Å²) < 4.78 is 33.9. The van der Waals surface area contributed by atoms with Crippen molar-refractivity contribution in [1.29, 1.82) is 0 Å². The quantitative estimate of drug-likeness (QED) is 0.427. The molecule has 0 unspecified atom stereocenters. The number of benzene rings is 2. The molecule has 2 aromatic carbocycles. The molecule has 0 aliphatic rings. The topological polar surface area (TPSA) is 81.2 Å². The van der Waals surface area contributed by atoms with E-state index in [0.717, 1.165) is 11.6 Å². The van der Waals surface area contributed by atoms with E-state index in [4.69, 9.17) is 39.5 Å². The van der Waals surface area contributed by atoms with Gasteiger partial charge in [-0.2, -0.15) is 0 Å². The molecule has 0 amide bonds. The number of halogens is 4. The van der Waals surface area contributed by atoms with Crippen LogP contribution < -0.4 is 9.46 Å². The predicted octanol–water partition coefficient (Wildman–Crippen LogP) is 5.58. The van der Waals surface area contributed by atoms with Crippen LogP contribution in [0.4, 0.5) is 5.82 Å². The first-order valence-electron chi connectivity index (χ1n) is 7.63. The third-order valence-corrected chi connectivity index (χ3v) is 6.33. The number of nitrogens with zero attached hydrogens (tertiary/aromatic N) is 2. The Labute approximate surface area is 185 Å². The first-order chi connectivity index (χ1) is 13.3. The molecule has 146 valence electrons. The van der Waals surface area contributed by atoms with E-state index < -0.39 is 10.0 Å². The Morgan fingerprint density at radius 3 is 2.43 bits per heavy atom. The number of hydrogen-bond acceptors (Lipinski definition) is 5. The average molecular weight is 524 g/mol. The van der Waals surface area contributed by atoms with Gasteiger partial charge in [-0.05, 0) is 33.6 Å². The molecule has 11 heteroatoms. The summed E-state index contributed by atoms with van der Waals surface area (Å²) in [4.78, 5) is 7.94. The van der Waals surface area contributed by atoms with Gasteiger partial charge in [-0.15, -0.1) is 0 Å². The van der Waals surface area contributed by atoms with Crippen LogP contribution in [0.3, 0.4) is 0 Å². The lowest BCUT2D eigenvalue weighted by Gasteiger charge is -2.13. The zero-order chi connectivity index (χ0) is 20.3. The van der Waals surface area contributed by atoms with Gasteiger partial charge in [0, 0.05) is 0 Å².